The van der Waals surface area contributed by atoms with E-state index in [4.69, 9.17) is 5.73 Å². The van der Waals surface area contributed by atoms with Gasteiger partial charge in [-0.05, 0) is 18.1 Å². The minimum Gasteiger partial charge on any atom is -0.382 e. The molecule has 0 fully saturated rings. The molecule has 7 nitrogen and oxygen atoms in total. The fraction of sp³-hybridized carbons (Fsp3) is 0.333. The van der Waals surface area contributed by atoms with Crippen molar-refractivity contribution in [2.45, 2.75) is 26.3 Å². The molecule has 0 unspecified atom stereocenters. The van der Waals surface area contributed by atoms with Crippen LogP contribution in [-0.2, 0) is 6.54 Å². The lowest BCUT2D eigenvalue weighted by molar-refractivity contribution is 0.805. The molecule has 3 heterocycles. The summed E-state index contributed by atoms with van der Waals surface area (Å²) in [7, 11) is 0. The number of pyridine rings is 1. The van der Waals surface area contributed by atoms with Gasteiger partial charge in [0.15, 0.2) is 11.5 Å². The number of hydrogen-bond donors (Lipinski definition) is 2. The number of nitrogen functional groups attached to an aromatic ring is 1. The highest BCUT2D eigenvalue weighted by atomic mass is 15.2. The van der Waals surface area contributed by atoms with E-state index < -0.39 is 0 Å². The Bertz CT molecular complexity index is 751. The van der Waals surface area contributed by atoms with Gasteiger partial charge in [-0.2, -0.15) is 9.97 Å². The van der Waals surface area contributed by atoms with Gasteiger partial charge in [0, 0.05) is 18.9 Å². The fourth-order valence-corrected chi connectivity index (χ4v) is 2.23. The van der Waals surface area contributed by atoms with Crippen molar-refractivity contribution in [1.29, 1.82) is 0 Å². The standard InChI is InChI=1S/C15H19N7/c1-2-3-7-18-15-20-13(16)12-14(21-15)22(10-19-12)9-11-5-4-6-17-8-11/h4-6,8,10H,2-3,7,9H2,1H3,(H3,16,18,20,21). The largest absolute Gasteiger partial charge is 0.382 e. The number of anilines is 2. The van der Waals surface area contributed by atoms with Gasteiger partial charge in [-0.1, -0.05) is 19.4 Å². The number of hydrogen-bond acceptors (Lipinski definition) is 6. The normalized spacial score (nSPS) is 11.0. The van der Waals surface area contributed by atoms with Crippen LogP contribution in [0.4, 0.5) is 11.8 Å². The van der Waals surface area contributed by atoms with Crippen molar-refractivity contribution in [3.05, 3.63) is 36.4 Å². The van der Waals surface area contributed by atoms with Crippen molar-refractivity contribution in [2.75, 3.05) is 17.6 Å². The number of nitrogens with zero attached hydrogens (tertiary/aromatic N) is 5. The van der Waals surface area contributed by atoms with E-state index in [0.717, 1.165) is 30.6 Å². The molecular formula is C15H19N7. The predicted octanol–water partition coefficient (Wildman–Crippen LogP) is 2.06. The van der Waals surface area contributed by atoms with Gasteiger partial charge in [0.25, 0.3) is 0 Å². The number of nitrogens with two attached hydrogens (primary N) is 1. The molecule has 7 heteroatoms. The molecule has 114 valence electrons. The van der Waals surface area contributed by atoms with Gasteiger partial charge in [-0.25, -0.2) is 4.98 Å². The summed E-state index contributed by atoms with van der Waals surface area (Å²) in [5.41, 5.74) is 8.43. The summed E-state index contributed by atoms with van der Waals surface area (Å²) < 4.78 is 1.95. The van der Waals surface area contributed by atoms with Crippen molar-refractivity contribution in [3.63, 3.8) is 0 Å². The first-order valence-electron chi connectivity index (χ1n) is 7.39. The highest BCUT2D eigenvalue weighted by Crippen LogP contribution is 2.19. The van der Waals surface area contributed by atoms with Gasteiger partial charge in [-0.15, -0.1) is 0 Å². The first kappa shape index (κ1) is 14.2. The van der Waals surface area contributed by atoms with Crippen LogP contribution in [0.5, 0.6) is 0 Å². The zero-order valence-corrected chi connectivity index (χ0v) is 12.5. The Morgan fingerprint density at radius 2 is 2.23 bits per heavy atom. The molecule has 3 N–H and O–H groups in total. The van der Waals surface area contributed by atoms with Crippen molar-refractivity contribution in [2.24, 2.45) is 0 Å². The first-order valence-corrected chi connectivity index (χ1v) is 7.39. The van der Waals surface area contributed by atoms with Crippen LogP contribution in [0.1, 0.15) is 25.3 Å². The molecular weight excluding hydrogens is 278 g/mol. The van der Waals surface area contributed by atoms with Crippen LogP contribution >= 0.6 is 0 Å². The average Bonchev–Trinajstić information content (AvgIpc) is 2.92. The van der Waals surface area contributed by atoms with Crippen LogP contribution in [-0.4, -0.2) is 31.0 Å². The minimum atomic E-state index is 0.397. The lowest BCUT2D eigenvalue weighted by Gasteiger charge is -2.07. The van der Waals surface area contributed by atoms with Gasteiger partial charge in [0.1, 0.15) is 5.52 Å². The quantitative estimate of drug-likeness (QED) is 0.676. The molecule has 3 aromatic rings. The van der Waals surface area contributed by atoms with Crippen LogP contribution in [0, 0.1) is 0 Å². The maximum atomic E-state index is 5.99. The number of fused-ring (bicyclic) bond motifs is 1. The Kier molecular flexibility index (Phi) is 4.13. The topological polar surface area (TPSA) is 94.5 Å². The highest BCUT2D eigenvalue weighted by molar-refractivity contribution is 5.82. The molecule has 0 saturated carbocycles. The fourth-order valence-electron chi connectivity index (χ4n) is 2.23. The Hall–Kier alpha value is -2.70. The summed E-state index contributed by atoms with van der Waals surface area (Å²) in [6.07, 6.45) is 7.50. The van der Waals surface area contributed by atoms with E-state index in [1.807, 2.05) is 22.9 Å². The Balaban J connectivity index is 1.90. The lowest BCUT2D eigenvalue weighted by Crippen LogP contribution is -2.08. The summed E-state index contributed by atoms with van der Waals surface area (Å²) in [6.45, 7) is 3.62. The van der Waals surface area contributed by atoms with Crippen LogP contribution in [0.25, 0.3) is 11.2 Å². The predicted molar refractivity (Wildman–Crippen MR) is 86.5 cm³/mol. The molecule has 22 heavy (non-hydrogen) atoms. The van der Waals surface area contributed by atoms with Crippen molar-refractivity contribution in [3.8, 4) is 0 Å². The molecule has 0 saturated heterocycles. The summed E-state index contributed by atoms with van der Waals surface area (Å²) >= 11 is 0. The van der Waals surface area contributed by atoms with Gasteiger partial charge in [-0.3, -0.25) is 4.98 Å². The summed E-state index contributed by atoms with van der Waals surface area (Å²) in [4.78, 5) is 17.2. The third kappa shape index (κ3) is 2.98. The van der Waals surface area contributed by atoms with E-state index in [-0.39, 0.29) is 0 Å². The first-order chi connectivity index (χ1) is 10.8. The number of unbranched alkanes of at least 4 members (excludes halogenated alkanes) is 1. The van der Waals surface area contributed by atoms with E-state index in [1.165, 1.54) is 0 Å². The zero-order chi connectivity index (χ0) is 15.4. The number of rotatable bonds is 6. The third-order valence-electron chi connectivity index (χ3n) is 3.38. The Labute approximate surface area is 128 Å². The van der Waals surface area contributed by atoms with Crippen molar-refractivity contribution >= 4 is 22.9 Å². The third-order valence-corrected chi connectivity index (χ3v) is 3.38. The second kappa shape index (κ2) is 6.38. The smallest absolute Gasteiger partial charge is 0.226 e. The van der Waals surface area contributed by atoms with Gasteiger partial charge >= 0.3 is 0 Å². The molecule has 0 aliphatic heterocycles. The molecule has 0 aliphatic carbocycles. The van der Waals surface area contributed by atoms with Gasteiger partial charge in [0.2, 0.25) is 5.95 Å². The van der Waals surface area contributed by atoms with E-state index >= 15 is 0 Å². The van der Waals surface area contributed by atoms with Gasteiger partial charge in [0.05, 0.1) is 12.9 Å². The Morgan fingerprint density at radius 1 is 1.32 bits per heavy atom. The summed E-state index contributed by atoms with van der Waals surface area (Å²) in [5, 5.41) is 3.20. The molecule has 0 atom stereocenters. The van der Waals surface area contributed by atoms with Crippen molar-refractivity contribution in [1.82, 2.24) is 24.5 Å². The van der Waals surface area contributed by atoms with E-state index in [1.54, 1.807) is 12.5 Å². The van der Waals surface area contributed by atoms with Crippen molar-refractivity contribution < 1.29 is 0 Å². The highest BCUT2D eigenvalue weighted by Gasteiger charge is 2.11. The summed E-state index contributed by atoms with van der Waals surface area (Å²) in [6, 6.07) is 3.93. The maximum absolute atomic E-state index is 5.99. The Morgan fingerprint density at radius 3 is 3.00 bits per heavy atom. The molecule has 0 radical (unpaired) electrons. The maximum Gasteiger partial charge on any atom is 0.226 e. The molecule has 0 amide bonds. The van der Waals surface area contributed by atoms with E-state index in [2.05, 4.69) is 32.2 Å². The number of imidazole rings is 1. The van der Waals surface area contributed by atoms with E-state index in [9.17, 15) is 0 Å². The van der Waals surface area contributed by atoms with Gasteiger partial charge < -0.3 is 15.6 Å². The number of aromatic nitrogens is 5. The molecule has 3 rings (SSSR count). The second-order valence-electron chi connectivity index (χ2n) is 5.12. The van der Waals surface area contributed by atoms with Crippen LogP contribution in [0.3, 0.4) is 0 Å². The summed E-state index contributed by atoms with van der Waals surface area (Å²) in [5.74, 6) is 0.945. The van der Waals surface area contributed by atoms with E-state index in [0.29, 0.717) is 23.8 Å². The second-order valence-corrected chi connectivity index (χ2v) is 5.12. The molecule has 0 aromatic carbocycles. The minimum absolute atomic E-state index is 0.397. The molecule has 0 spiro atoms. The zero-order valence-electron chi connectivity index (χ0n) is 12.5. The van der Waals surface area contributed by atoms with Crippen LogP contribution < -0.4 is 11.1 Å². The average molecular weight is 297 g/mol. The SMILES string of the molecule is CCCCNc1nc(N)c2ncn(Cc3cccnc3)c2n1. The molecule has 3 aromatic heterocycles. The van der Waals surface area contributed by atoms with Crippen LogP contribution in [0.15, 0.2) is 30.9 Å². The number of nitrogens with one attached hydrogen (secondary N) is 1. The molecule has 0 aliphatic rings. The lowest BCUT2D eigenvalue weighted by atomic mass is 10.3. The molecule has 0 bridgehead atoms. The monoisotopic (exact) mass is 297 g/mol. The van der Waals surface area contributed by atoms with Crippen LogP contribution in [0.2, 0.25) is 0 Å².